The van der Waals surface area contributed by atoms with Gasteiger partial charge in [-0.15, -0.1) is 0 Å². The second-order valence-electron chi connectivity index (χ2n) is 6.37. The van der Waals surface area contributed by atoms with Gasteiger partial charge >= 0.3 is 140 Å². The number of unbranched alkanes of at least 4 members (excludes halogenated alkanes) is 3. The van der Waals surface area contributed by atoms with E-state index in [1.165, 1.54) is 62.7 Å². The number of hydrogen-bond donors (Lipinski definition) is 1. The van der Waals surface area contributed by atoms with Gasteiger partial charge in [0.1, 0.15) is 0 Å². The summed E-state index contributed by atoms with van der Waals surface area (Å²) in [4.78, 5) is 15.2. The van der Waals surface area contributed by atoms with E-state index in [9.17, 15) is 4.79 Å². The van der Waals surface area contributed by atoms with Gasteiger partial charge in [0, 0.05) is 0 Å². The summed E-state index contributed by atoms with van der Waals surface area (Å²) in [6.07, 6.45) is 7.78. The Kier molecular flexibility index (Phi) is 9.22. The quantitative estimate of drug-likeness (QED) is 0.415. The Hall–Kier alpha value is -0.451. The number of aromatic amines is 1. The summed E-state index contributed by atoms with van der Waals surface area (Å²) in [7, 11) is 1.45. The van der Waals surface area contributed by atoms with Crippen molar-refractivity contribution in [3.8, 4) is 0 Å². The summed E-state index contributed by atoms with van der Waals surface area (Å²) in [5.41, 5.74) is 0.628. The average molecular weight is 414 g/mol. The number of ether oxygens (including phenoxy) is 1. The number of carbonyl (C=O) groups is 1. The Morgan fingerprint density at radius 2 is 1.50 bits per heavy atom. The molecule has 0 saturated carbocycles. The number of H-pyrrole nitrogens is 1. The molecule has 0 spiro atoms. The number of carbonyl (C=O) groups excluding carboxylic acids is 1. The molecule has 0 aliphatic carbocycles. The van der Waals surface area contributed by atoms with E-state index in [4.69, 9.17) is 4.74 Å². The minimum absolute atomic E-state index is 0.243. The van der Waals surface area contributed by atoms with Crippen molar-refractivity contribution >= 4 is 28.1 Å². The van der Waals surface area contributed by atoms with Gasteiger partial charge in [-0.05, 0) is 0 Å². The van der Waals surface area contributed by atoms with Crippen LogP contribution in [-0.2, 0) is 4.74 Å². The molecule has 0 unspecified atom stereocenters. The van der Waals surface area contributed by atoms with Crippen molar-refractivity contribution in [3.05, 3.63) is 17.8 Å². The van der Waals surface area contributed by atoms with E-state index < -0.39 is 18.4 Å². The predicted octanol–water partition coefficient (Wildman–Crippen LogP) is 4.86. The number of esters is 1. The number of nitrogens with one attached hydrogen (secondary N) is 1. The van der Waals surface area contributed by atoms with Crippen LogP contribution in [0.1, 0.15) is 69.8 Å². The summed E-state index contributed by atoms with van der Waals surface area (Å²) >= 11 is -2.42. The first kappa shape index (κ1) is 19.6. The maximum atomic E-state index is 11.8. The fraction of sp³-hybridized carbons (Fsp3) is 0.722. The van der Waals surface area contributed by atoms with Gasteiger partial charge in [-0.3, -0.25) is 0 Å². The van der Waals surface area contributed by atoms with Crippen molar-refractivity contribution in [2.75, 3.05) is 7.11 Å². The van der Waals surface area contributed by atoms with Crippen LogP contribution in [0, 0.1) is 0 Å². The first-order chi connectivity index (χ1) is 10.6. The van der Waals surface area contributed by atoms with Crippen molar-refractivity contribution in [1.29, 1.82) is 0 Å². The molecule has 0 bridgehead atoms. The topological polar surface area (TPSA) is 42.1 Å². The molecular formula is C18H33NO2Sn. The normalized spacial score (nSPS) is 11.6. The summed E-state index contributed by atoms with van der Waals surface area (Å²) in [5.74, 6) is -0.243. The van der Waals surface area contributed by atoms with Gasteiger partial charge in [0.05, 0.1) is 0 Å². The summed E-state index contributed by atoms with van der Waals surface area (Å²) < 4.78 is 10.5. The zero-order valence-corrected chi connectivity index (χ0v) is 17.7. The second-order valence-corrected chi connectivity index (χ2v) is 19.5. The van der Waals surface area contributed by atoms with Crippen LogP contribution in [0.2, 0.25) is 13.3 Å². The van der Waals surface area contributed by atoms with Crippen molar-refractivity contribution < 1.29 is 9.53 Å². The molecule has 126 valence electrons. The van der Waals surface area contributed by atoms with Crippen molar-refractivity contribution in [2.45, 2.75) is 72.6 Å². The fourth-order valence-electron chi connectivity index (χ4n) is 3.26. The molecule has 0 aromatic carbocycles. The van der Waals surface area contributed by atoms with E-state index in [-0.39, 0.29) is 5.97 Å². The summed E-state index contributed by atoms with van der Waals surface area (Å²) in [6.45, 7) is 6.85. The third-order valence-electron chi connectivity index (χ3n) is 4.69. The summed E-state index contributed by atoms with van der Waals surface area (Å²) in [6, 6.07) is 4.12. The van der Waals surface area contributed by atoms with Gasteiger partial charge in [-0.2, -0.15) is 0 Å². The molecule has 0 radical (unpaired) electrons. The first-order valence-electron chi connectivity index (χ1n) is 8.91. The predicted molar refractivity (Wildman–Crippen MR) is 96.7 cm³/mol. The van der Waals surface area contributed by atoms with Gasteiger partial charge < -0.3 is 0 Å². The first-order valence-corrected chi connectivity index (χ1v) is 16.4. The van der Waals surface area contributed by atoms with Crippen LogP contribution in [0.5, 0.6) is 0 Å². The Bertz CT molecular complexity index is 420. The van der Waals surface area contributed by atoms with Gasteiger partial charge in [0.15, 0.2) is 0 Å². The van der Waals surface area contributed by atoms with E-state index >= 15 is 0 Å². The Balaban J connectivity index is 3.07. The number of methoxy groups -OCH3 is 1. The van der Waals surface area contributed by atoms with Gasteiger partial charge in [-0.1, -0.05) is 0 Å². The third-order valence-corrected chi connectivity index (χ3v) is 20.0. The average Bonchev–Trinajstić information content (AvgIpc) is 3.04. The molecule has 1 aromatic rings. The Morgan fingerprint density at radius 3 is 1.91 bits per heavy atom. The van der Waals surface area contributed by atoms with E-state index in [0.29, 0.717) is 5.69 Å². The SMILES string of the molecule is CCC[CH2][Sn]([CH2]CCC)([CH2]CCC)[c]1ccc(C(=O)OC)[nH]1. The Labute approximate surface area is 140 Å². The number of hydrogen-bond acceptors (Lipinski definition) is 2. The molecule has 0 fully saturated rings. The van der Waals surface area contributed by atoms with Crippen LogP contribution >= 0.6 is 0 Å². The van der Waals surface area contributed by atoms with Crippen molar-refractivity contribution in [1.82, 2.24) is 4.98 Å². The molecule has 0 atom stereocenters. The number of aromatic nitrogens is 1. The zero-order chi connectivity index (χ0) is 16.4. The van der Waals surface area contributed by atoms with Crippen molar-refractivity contribution in [2.24, 2.45) is 0 Å². The van der Waals surface area contributed by atoms with Crippen LogP contribution in [0.4, 0.5) is 0 Å². The fourth-order valence-corrected chi connectivity index (χ4v) is 18.9. The molecule has 22 heavy (non-hydrogen) atoms. The molecule has 1 aromatic heterocycles. The maximum absolute atomic E-state index is 11.8. The zero-order valence-electron chi connectivity index (χ0n) is 14.8. The van der Waals surface area contributed by atoms with Crippen LogP contribution in [0.25, 0.3) is 0 Å². The molecule has 0 aliphatic heterocycles. The number of rotatable bonds is 11. The van der Waals surface area contributed by atoms with Crippen LogP contribution in [0.15, 0.2) is 12.1 Å². The Morgan fingerprint density at radius 1 is 1.00 bits per heavy atom. The van der Waals surface area contributed by atoms with Crippen LogP contribution < -0.4 is 3.71 Å². The molecule has 0 amide bonds. The van der Waals surface area contributed by atoms with Gasteiger partial charge in [-0.25, -0.2) is 0 Å². The minimum atomic E-state index is -2.42. The molecule has 1 N–H and O–H groups in total. The van der Waals surface area contributed by atoms with E-state index in [1.54, 1.807) is 0 Å². The van der Waals surface area contributed by atoms with E-state index in [2.05, 4.69) is 31.8 Å². The van der Waals surface area contributed by atoms with Gasteiger partial charge in [0.25, 0.3) is 0 Å². The molecular weight excluding hydrogens is 381 g/mol. The van der Waals surface area contributed by atoms with Gasteiger partial charge in [0.2, 0.25) is 0 Å². The van der Waals surface area contributed by atoms with Crippen LogP contribution in [0.3, 0.4) is 0 Å². The molecule has 1 rings (SSSR count). The molecule has 3 nitrogen and oxygen atoms in total. The standard InChI is InChI=1S/C6H6NO2.3C4H9.Sn/c1-9-6(8)5-3-2-4-7-5;3*1-3-4-2;/h2-3,7H,1H3;3*1,3-4H2,2H3;. The molecule has 1 heterocycles. The third kappa shape index (κ3) is 5.32. The molecule has 4 heteroatoms. The summed E-state index contributed by atoms with van der Waals surface area (Å²) in [5, 5.41) is 0. The van der Waals surface area contributed by atoms with Crippen LogP contribution in [-0.4, -0.2) is 36.4 Å². The molecule has 0 aliphatic rings. The van der Waals surface area contributed by atoms with Crippen molar-refractivity contribution in [3.63, 3.8) is 0 Å². The monoisotopic (exact) mass is 415 g/mol. The molecule has 0 saturated heterocycles. The second kappa shape index (κ2) is 10.3. The van der Waals surface area contributed by atoms with E-state index in [1.807, 2.05) is 6.07 Å². The van der Waals surface area contributed by atoms with E-state index in [0.717, 1.165) is 0 Å².